The fourth-order valence-electron chi connectivity index (χ4n) is 3.20. The van der Waals surface area contributed by atoms with Crippen molar-refractivity contribution in [2.24, 2.45) is 0 Å². The second-order valence-electron chi connectivity index (χ2n) is 6.99. The average molecular weight is 379 g/mol. The van der Waals surface area contributed by atoms with E-state index in [9.17, 15) is 14.4 Å². The van der Waals surface area contributed by atoms with E-state index in [-0.39, 0.29) is 17.7 Å². The van der Waals surface area contributed by atoms with Crippen LogP contribution in [0.3, 0.4) is 0 Å². The number of likely N-dealkylation sites (tertiary alicyclic amines) is 1. The maximum absolute atomic E-state index is 12.5. The van der Waals surface area contributed by atoms with Crippen LogP contribution >= 0.6 is 0 Å². The molecule has 146 valence electrons. The lowest BCUT2D eigenvalue weighted by Gasteiger charge is -2.15. The molecule has 2 aromatic carbocycles. The Hall–Kier alpha value is -3.15. The highest BCUT2D eigenvalue weighted by molar-refractivity contribution is 5.95. The van der Waals surface area contributed by atoms with Crippen molar-refractivity contribution in [1.82, 2.24) is 15.5 Å². The Balaban J connectivity index is 1.56. The van der Waals surface area contributed by atoms with E-state index in [4.69, 9.17) is 0 Å². The Morgan fingerprint density at radius 2 is 1.54 bits per heavy atom. The molecule has 0 atom stereocenters. The van der Waals surface area contributed by atoms with Gasteiger partial charge in [0, 0.05) is 44.2 Å². The highest BCUT2D eigenvalue weighted by Crippen LogP contribution is 2.14. The molecule has 1 aliphatic heterocycles. The van der Waals surface area contributed by atoms with Crippen molar-refractivity contribution in [2.75, 3.05) is 13.1 Å². The monoisotopic (exact) mass is 379 g/mol. The van der Waals surface area contributed by atoms with E-state index in [1.807, 2.05) is 41.3 Å². The van der Waals surface area contributed by atoms with Crippen LogP contribution in [0.25, 0.3) is 0 Å². The van der Waals surface area contributed by atoms with Crippen LogP contribution < -0.4 is 10.6 Å². The van der Waals surface area contributed by atoms with Crippen molar-refractivity contribution in [3.63, 3.8) is 0 Å². The predicted molar refractivity (Wildman–Crippen MR) is 107 cm³/mol. The topological polar surface area (TPSA) is 78.5 Å². The van der Waals surface area contributed by atoms with Crippen molar-refractivity contribution >= 4 is 17.7 Å². The molecular weight excluding hydrogens is 354 g/mol. The first-order valence-corrected chi connectivity index (χ1v) is 9.53. The van der Waals surface area contributed by atoms with Crippen LogP contribution in [0.4, 0.5) is 0 Å². The van der Waals surface area contributed by atoms with Gasteiger partial charge in [0.1, 0.15) is 0 Å². The molecule has 2 aromatic rings. The highest BCUT2D eigenvalue weighted by Gasteiger charge is 2.19. The number of benzene rings is 2. The summed E-state index contributed by atoms with van der Waals surface area (Å²) in [6.45, 7) is 3.90. The molecular formula is C22H25N3O3. The molecule has 0 radical (unpaired) electrons. The smallest absolute Gasteiger partial charge is 0.253 e. The van der Waals surface area contributed by atoms with Gasteiger partial charge in [-0.2, -0.15) is 0 Å². The molecule has 1 fully saturated rings. The van der Waals surface area contributed by atoms with Crippen LogP contribution in [-0.2, 0) is 17.9 Å². The van der Waals surface area contributed by atoms with Crippen LogP contribution in [-0.4, -0.2) is 35.7 Å². The molecule has 0 bridgehead atoms. The first-order valence-electron chi connectivity index (χ1n) is 9.53. The summed E-state index contributed by atoms with van der Waals surface area (Å²) in [6, 6.07) is 14.5. The lowest BCUT2D eigenvalue weighted by molar-refractivity contribution is -0.119. The van der Waals surface area contributed by atoms with E-state index in [0.29, 0.717) is 24.2 Å². The third-order valence-electron chi connectivity index (χ3n) is 4.78. The van der Waals surface area contributed by atoms with Gasteiger partial charge in [0.15, 0.2) is 0 Å². The second-order valence-corrected chi connectivity index (χ2v) is 6.99. The van der Waals surface area contributed by atoms with Crippen molar-refractivity contribution in [3.8, 4) is 0 Å². The summed E-state index contributed by atoms with van der Waals surface area (Å²) >= 11 is 0. The van der Waals surface area contributed by atoms with Crippen molar-refractivity contribution in [2.45, 2.75) is 32.9 Å². The summed E-state index contributed by atoms with van der Waals surface area (Å²) in [5, 5.41) is 5.61. The molecule has 3 rings (SSSR count). The minimum absolute atomic E-state index is 0.0560. The van der Waals surface area contributed by atoms with Crippen molar-refractivity contribution in [3.05, 3.63) is 70.8 Å². The number of hydrogen-bond donors (Lipinski definition) is 2. The maximum atomic E-state index is 12.5. The molecule has 6 heteroatoms. The molecule has 0 aliphatic carbocycles. The van der Waals surface area contributed by atoms with Crippen LogP contribution in [0, 0.1) is 0 Å². The van der Waals surface area contributed by atoms with Crippen LogP contribution in [0.5, 0.6) is 0 Å². The number of amides is 3. The standard InChI is InChI=1S/C22H25N3O3/c1-16(26)23-14-17-7-9-19(10-8-17)21(27)24-15-18-5-4-6-20(13-18)22(28)25-11-2-3-12-25/h4-10,13H,2-3,11-12,14-15H2,1H3,(H,23,26)(H,24,27). The number of hydrogen-bond acceptors (Lipinski definition) is 3. The van der Waals surface area contributed by atoms with E-state index >= 15 is 0 Å². The normalized spacial score (nSPS) is 13.2. The fourth-order valence-corrected chi connectivity index (χ4v) is 3.20. The Bertz CT molecular complexity index is 856. The number of nitrogens with one attached hydrogen (secondary N) is 2. The minimum atomic E-state index is -0.178. The quantitative estimate of drug-likeness (QED) is 0.809. The van der Waals surface area contributed by atoms with Gasteiger partial charge in [-0.15, -0.1) is 0 Å². The molecule has 3 amide bonds. The molecule has 1 aliphatic rings. The molecule has 1 heterocycles. The van der Waals surface area contributed by atoms with Crippen LogP contribution in [0.15, 0.2) is 48.5 Å². The van der Waals surface area contributed by atoms with Gasteiger partial charge in [0.2, 0.25) is 5.91 Å². The van der Waals surface area contributed by atoms with Gasteiger partial charge in [0.25, 0.3) is 11.8 Å². The van der Waals surface area contributed by atoms with Gasteiger partial charge < -0.3 is 15.5 Å². The summed E-state index contributed by atoms with van der Waals surface area (Å²) in [7, 11) is 0. The number of carbonyl (C=O) groups excluding carboxylic acids is 3. The van der Waals surface area contributed by atoms with Gasteiger partial charge in [-0.05, 0) is 48.2 Å². The maximum Gasteiger partial charge on any atom is 0.253 e. The Morgan fingerprint density at radius 1 is 0.857 bits per heavy atom. The molecule has 0 saturated carbocycles. The first kappa shape index (κ1) is 19.6. The predicted octanol–water partition coefficient (Wildman–Crippen LogP) is 2.49. The summed E-state index contributed by atoms with van der Waals surface area (Å²) in [4.78, 5) is 37.7. The minimum Gasteiger partial charge on any atom is -0.352 e. The zero-order valence-electron chi connectivity index (χ0n) is 16.0. The fraction of sp³-hybridized carbons (Fsp3) is 0.318. The van der Waals surface area contributed by atoms with Gasteiger partial charge in [0.05, 0.1) is 0 Å². The van der Waals surface area contributed by atoms with E-state index in [1.54, 1.807) is 12.1 Å². The SMILES string of the molecule is CC(=O)NCc1ccc(C(=O)NCc2cccc(C(=O)N3CCCC3)c2)cc1. The highest BCUT2D eigenvalue weighted by atomic mass is 16.2. The van der Waals surface area contributed by atoms with Gasteiger partial charge >= 0.3 is 0 Å². The molecule has 1 saturated heterocycles. The third-order valence-corrected chi connectivity index (χ3v) is 4.78. The molecule has 6 nitrogen and oxygen atoms in total. The van der Waals surface area contributed by atoms with Gasteiger partial charge in [-0.25, -0.2) is 0 Å². The summed E-state index contributed by atoms with van der Waals surface area (Å²) in [5.41, 5.74) is 3.03. The van der Waals surface area contributed by atoms with E-state index < -0.39 is 0 Å². The van der Waals surface area contributed by atoms with Crippen molar-refractivity contribution < 1.29 is 14.4 Å². The lowest BCUT2D eigenvalue weighted by Crippen LogP contribution is -2.28. The van der Waals surface area contributed by atoms with Crippen LogP contribution in [0.1, 0.15) is 51.6 Å². The summed E-state index contributed by atoms with van der Waals surface area (Å²) in [6.07, 6.45) is 2.12. The lowest BCUT2D eigenvalue weighted by atomic mass is 10.1. The molecule has 0 spiro atoms. The summed E-state index contributed by atoms with van der Waals surface area (Å²) in [5.74, 6) is -0.213. The van der Waals surface area contributed by atoms with Gasteiger partial charge in [-0.3, -0.25) is 14.4 Å². The molecule has 2 N–H and O–H groups in total. The molecule has 0 unspecified atom stereocenters. The Labute approximate surface area is 164 Å². The van der Waals surface area contributed by atoms with Crippen molar-refractivity contribution in [1.29, 1.82) is 0 Å². The van der Waals surface area contributed by atoms with Gasteiger partial charge in [-0.1, -0.05) is 24.3 Å². The number of nitrogens with zero attached hydrogens (tertiary/aromatic N) is 1. The average Bonchev–Trinajstić information content (AvgIpc) is 3.25. The van der Waals surface area contributed by atoms with E-state index in [2.05, 4.69) is 10.6 Å². The zero-order chi connectivity index (χ0) is 19.9. The molecule has 28 heavy (non-hydrogen) atoms. The Morgan fingerprint density at radius 3 is 2.21 bits per heavy atom. The Kier molecular flexibility index (Phi) is 6.42. The number of carbonyl (C=O) groups is 3. The number of rotatable bonds is 6. The van der Waals surface area contributed by atoms with E-state index in [1.165, 1.54) is 6.92 Å². The second kappa shape index (κ2) is 9.17. The van der Waals surface area contributed by atoms with E-state index in [0.717, 1.165) is 37.1 Å². The molecule has 0 aromatic heterocycles. The van der Waals surface area contributed by atoms with Crippen LogP contribution in [0.2, 0.25) is 0 Å². The summed E-state index contributed by atoms with van der Waals surface area (Å²) < 4.78 is 0. The largest absolute Gasteiger partial charge is 0.352 e. The third kappa shape index (κ3) is 5.19. The zero-order valence-corrected chi connectivity index (χ0v) is 16.0. The first-order chi connectivity index (χ1) is 13.5.